The molecule has 1 heterocycles. The average molecular weight is 197 g/mol. The van der Waals surface area contributed by atoms with Crippen molar-refractivity contribution < 1.29 is 4.74 Å². The summed E-state index contributed by atoms with van der Waals surface area (Å²) in [5, 5.41) is 0. The summed E-state index contributed by atoms with van der Waals surface area (Å²) in [5.74, 6) is 0. The number of rotatable bonds is 2. The van der Waals surface area contributed by atoms with Crippen molar-refractivity contribution in [2.75, 3.05) is 20.3 Å². The highest BCUT2D eigenvalue weighted by Gasteiger charge is 2.25. The zero-order valence-corrected chi connectivity index (χ0v) is 9.37. The Balaban J connectivity index is 1.82. The van der Waals surface area contributed by atoms with Crippen LogP contribution in [0, 0.1) is 0 Å². The first-order valence-corrected chi connectivity index (χ1v) is 6.17. The van der Waals surface area contributed by atoms with Gasteiger partial charge in [-0.3, -0.25) is 0 Å². The fraction of sp³-hybridized carbons (Fsp3) is 1.00. The maximum Gasteiger partial charge on any atom is 0.0480 e. The van der Waals surface area contributed by atoms with Crippen LogP contribution in [-0.2, 0) is 4.74 Å². The standard InChI is InChI=1S/C12H23NO/c1-13(11-5-3-2-4-6-11)12-7-9-14-10-8-12/h11-12H,2-10H2,1H3. The van der Waals surface area contributed by atoms with Gasteiger partial charge in [0.05, 0.1) is 0 Å². The van der Waals surface area contributed by atoms with E-state index in [1.807, 2.05) is 0 Å². The van der Waals surface area contributed by atoms with Crippen molar-refractivity contribution >= 4 is 0 Å². The van der Waals surface area contributed by atoms with Crippen LogP contribution in [0.15, 0.2) is 0 Å². The van der Waals surface area contributed by atoms with Crippen LogP contribution in [-0.4, -0.2) is 37.2 Å². The summed E-state index contributed by atoms with van der Waals surface area (Å²) in [5.41, 5.74) is 0. The summed E-state index contributed by atoms with van der Waals surface area (Å²) in [6.07, 6.45) is 9.68. The zero-order chi connectivity index (χ0) is 9.80. The van der Waals surface area contributed by atoms with Gasteiger partial charge in [-0.05, 0) is 32.7 Å². The van der Waals surface area contributed by atoms with Gasteiger partial charge >= 0.3 is 0 Å². The van der Waals surface area contributed by atoms with Crippen molar-refractivity contribution in [2.24, 2.45) is 0 Å². The largest absolute Gasteiger partial charge is 0.381 e. The van der Waals surface area contributed by atoms with Crippen molar-refractivity contribution in [1.29, 1.82) is 0 Å². The molecule has 2 nitrogen and oxygen atoms in total. The Bertz CT molecular complexity index is 142. The molecule has 1 aliphatic heterocycles. The third kappa shape index (κ3) is 2.48. The molecule has 2 rings (SSSR count). The minimum Gasteiger partial charge on any atom is -0.381 e. The van der Waals surface area contributed by atoms with Crippen molar-refractivity contribution in [3.8, 4) is 0 Å². The van der Waals surface area contributed by atoms with Gasteiger partial charge in [-0.2, -0.15) is 0 Å². The van der Waals surface area contributed by atoms with E-state index < -0.39 is 0 Å². The molecule has 0 N–H and O–H groups in total. The molecule has 0 spiro atoms. The van der Waals surface area contributed by atoms with Crippen LogP contribution in [0.2, 0.25) is 0 Å². The Kier molecular flexibility index (Phi) is 3.82. The molecule has 2 aliphatic rings. The number of hydrogen-bond donors (Lipinski definition) is 0. The lowest BCUT2D eigenvalue weighted by Crippen LogP contribution is -2.43. The molecule has 0 aromatic heterocycles. The molecule has 0 atom stereocenters. The van der Waals surface area contributed by atoms with Crippen LogP contribution in [0.3, 0.4) is 0 Å². The summed E-state index contributed by atoms with van der Waals surface area (Å²) in [7, 11) is 2.33. The molecule has 0 radical (unpaired) electrons. The van der Waals surface area contributed by atoms with Crippen LogP contribution >= 0.6 is 0 Å². The predicted molar refractivity (Wildman–Crippen MR) is 58.5 cm³/mol. The van der Waals surface area contributed by atoms with E-state index in [9.17, 15) is 0 Å². The molecule has 0 aromatic rings. The van der Waals surface area contributed by atoms with Crippen LogP contribution in [0.4, 0.5) is 0 Å². The predicted octanol–water partition coefficient (Wildman–Crippen LogP) is 2.43. The molecule has 1 saturated carbocycles. The third-order valence-electron chi connectivity index (χ3n) is 3.92. The molecular formula is C12H23NO. The van der Waals surface area contributed by atoms with Gasteiger partial charge in [0.25, 0.3) is 0 Å². The van der Waals surface area contributed by atoms with Crippen LogP contribution in [0.1, 0.15) is 44.9 Å². The Morgan fingerprint density at radius 1 is 0.857 bits per heavy atom. The second-order valence-corrected chi connectivity index (χ2v) is 4.80. The molecule has 0 aromatic carbocycles. The Morgan fingerprint density at radius 3 is 2.07 bits per heavy atom. The quantitative estimate of drug-likeness (QED) is 0.674. The van der Waals surface area contributed by atoms with Gasteiger partial charge in [-0.25, -0.2) is 0 Å². The van der Waals surface area contributed by atoms with Gasteiger partial charge in [0.1, 0.15) is 0 Å². The minimum absolute atomic E-state index is 0.798. The van der Waals surface area contributed by atoms with E-state index >= 15 is 0 Å². The molecule has 0 amide bonds. The van der Waals surface area contributed by atoms with E-state index in [1.165, 1.54) is 44.9 Å². The van der Waals surface area contributed by atoms with E-state index in [4.69, 9.17) is 4.74 Å². The lowest BCUT2D eigenvalue weighted by Gasteiger charge is -2.38. The van der Waals surface area contributed by atoms with E-state index in [-0.39, 0.29) is 0 Å². The Morgan fingerprint density at radius 2 is 1.43 bits per heavy atom. The minimum atomic E-state index is 0.798. The first-order valence-electron chi connectivity index (χ1n) is 6.17. The molecular weight excluding hydrogens is 174 g/mol. The fourth-order valence-electron chi connectivity index (χ4n) is 2.88. The molecule has 1 aliphatic carbocycles. The first-order chi connectivity index (χ1) is 6.88. The van der Waals surface area contributed by atoms with E-state index in [0.717, 1.165) is 25.3 Å². The summed E-state index contributed by atoms with van der Waals surface area (Å²) < 4.78 is 5.41. The highest BCUT2D eigenvalue weighted by molar-refractivity contribution is 4.80. The van der Waals surface area contributed by atoms with Gasteiger partial charge in [0.2, 0.25) is 0 Å². The Labute approximate surface area is 87.6 Å². The number of hydrogen-bond acceptors (Lipinski definition) is 2. The maximum atomic E-state index is 5.41. The van der Waals surface area contributed by atoms with Crippen molar-refractivity contribution in [1.82, 2.24) is 4.90 Å². The molecule has 0 bridgehead atoms. The van der Waals surface area contributed by atoms with Crippen LogP contribution in [0.25, 0.3) is 0 Å². The Hall–Kier alpha value is -0.0800. The van der Waals surface area contributed by atoms with E-state index in [2.05, 4.69) is 11.9 Å². The van der Waals surface area contributed by atoms with Gasteiger partial charge in [0.15, 0.2) is 0 Å². The number of ether oxygens (including phenoxy) is 1. The smallest absolute Gasteiger partial charge is 0.0480 e. The monoisotopic (exact) mass is 197 g/mol. The summed E-state index contributed by atoms with van der Waals surface area (Å²) in [4.78, 5) is 2.64. The van der Waals surface area contributed by atoms with E-state index in [0.29, 0.717) is 0 Å². The number of nitrogens with zero attached hydrogens (tertiary/aromatic N) is 1. The third-order valence-corrected chi connectivity index (χ3v) is 3.92. The molecule has 82 valence electrons. The topological polar surface area (TPSA) is 12.5 Å². The molecule has 0 unspecified atom stereocenters. The fourth-order valence-corrected chi connectivity index (χ4v) is 2.88. The normalized spacial score (nSPS) is 27.0. The zero-order valence-electron chi connectivity index (χ0n) is 9.37. The van der Waals surface area contributed by atoms with Crippen LogP contribution in [0.5, 0.6) is 0 Å². The van der Waals surface area contributed by atoms with E-state index in [1.54, 1.807) is 0 Å². The second-order valence-electron chi connectivity index (χ2n) is 4.80. The summed E-state index contributed by atoms with van der Waals surface area (Å²) in [6, 6.07) is 1.67. The van der Waals surface area contributed by atoms with Gasteiger partial charge < -0.3 is 9.64 Å². The highest BCUT2D eigenvalue weighted by atomic mass is 16.5. The van der Waals surface area contributed by atoms with Crippen molar-refractivity contribution in [3.05, 3.63) is 0 Å². The molecule has 1 saturated heterocycles. The maximum absolute atomic E-state index is 5.41. The summed E-state index contributed by atoms with van der Waals surface area (Å²) >= 11 is 0. The van der Waals surface area contributed by atoms with Gasteiger partial charge in [-0.15, -0.1) is 0 Å². The first kappa shape index (κ1) is 10.4. The lowest BCUT2D eigenvalue weighted by molar-refractivity contribution is 0.0220. The average Bonchev–Trinajstić information content (AvgIpc) is 2.30. The SMILES string of the molecule is CN(C1CCCCC1)C1CCOCC1. The van der Waals surface area contributed by atoms with Gasteiger partial charge in [0, 0.05) is 25.3 Å². The summed E-state index contributed by atoms with van der Waals surface area (Å²) in [6.45, 7) is 1.95. The van der Waals surface area contributed by atoms with Crippen LogP contribution < -0.4 is 0 Å². The van der Waals surface area contributed by atoms with Crippen molar-refractivity contribution in [3.63, 3.8) is 0 Å². The second kappa shape index (κ2) is 5.13. The molecule has 14 heavy (non-hydrogen) atoms. The molecule has 2 fully saturated rings. The lowest BCUT2D eigenvalue weighted by atomic mass is 9.92. The molecule has 2 heteroatoms. The highest BCUT2D eigenvalue weighted by Crippen LogP contribution is 2.25. The van der Waals surface area contributed by atoms with Crippen molar-refractivity contribution in [2.45, 2.75) is 57.0 Å². The van der Waals surface area contributed by atoms with Gasteiger partial charge in [-0.1, -0.05) is 19.3 Å².